The van der Waals surface area contributed by atoms with Crippen molar-refractivity contribution < 1.29 is 0 Å². The summed E-state index contributed by atoms with van der Waals surface area (Å²) in [5.41, 5.74) is 4.53. The van der Waals surface area contributed by atoms with Crippen LogP contribution in [0.4, 0.5) is 0 Å². The van der Waals surface area contributed by atoms with Gasteiger partial charge in [-0.15, -0.1) is 0 Å². The molecule has 0 aliphatic heterocycles. The van der Waals surface area contributed by atoms with Crippen LogP contribution in [-0.2, 0) is 0 Å². The molecule has 0 heterocycles. The van der Waals surface area contributed by atoms with Gasteiger partial charge in [-0.25, -0.2) is 0 Å². The van der Waals surface area contributed by atoms with E-state index in [-0.39, 0.29) is 0 Å². The van der Waals surface area contributed by atoms with Crippen molar-refractivity contribution in [3.05, 3.63) is 34.9 Å². The van der Waals surface area contributed by atoms with Crippen LogP contribution in [0, 0.1) is 0 Å². The summed E-state index contributed by atoms with van der Waals surface area (Å²) in [7, 11) is 0. The monoisotopic (exact) mass is 132 g/mol. The first-order chi connectivity index (χ1) is 4.88. The average Bonchev–Trinajstić information content (AvgIpc) is 2.34. The van der Waals surface area contributed by atoms with E-state index < -0.39 is 0 Å². The Hall–Kier alpha value is -0.780. The molecule has 0 bridgehead atoms. The van der Waals surface area contributed by atoms with Crippen molar-refractivity contribution in [2.75, 3.05) is 0 Å². The zero-order valence-corrected chi connectivity index (χ0v) is 6.35. The Morgan fingerprint density at radius 2 is 2.20 bits per heavy atom. The average molecular weight is 132 g/mol. The minimum absolute atomic E-state index is 1.28. The molecule has 0 N–H and O–H groups in total. The van der Waals surface area contributed by atoms with Crippen LogP contribution in [0.15, 0.2) is 34.9 Å². The van der Waals surface area contributed by atoms with Crippen molar-refractivity contribution in [2.24, 2.45) is 0 Å². The van der Waals surface area contributed by atoms with Crippen molar-refractivity contribution in [3.8, 4) is 0 Å². The minimum Gasteiger partial charge on any atom is -0.0767 e. The van der Waals surface area contributed by atoms with Crippen molar-refractivity contribution >= 4 is 0 Å². The molecule has 0 saturated heterocycles. The van der Waals surface area contributed by atoms with Crippen LogP contribution >= 0.6 is 0 Å². The van der Waals surface area contributed by atoms with Gasteiger partial charge in [-0.3, -0.25) is 0 Å². The molecule has 0 unspecified atom stereocenters. The Labute approximate surface area is 61.9 Å². The minimum atomic E-state index is 1.28. The van der Waals surface area contributed by atoms with E-state index >= 15 is 0 Å². The third-order valence-corrected chi connectivity index (χ3v) is 2.30. The maximum absolute atomic E-state index is 2.37. The highest BCUT2D eigenvalue weighted by atomic mass is 14.2. The third-order valence-electron chi connectivity index (χ3n) is 2.30. The summed E-state index contributed by atoms with van der Waals surface area (Å²) < 4.78 is 0. The number of allylic oxidation sites excluding steroid dienone is 6. The number of hydrogen-bond donors (Lipinski definition) is 0. The van der Waals surface area contributed by atoms with Crippen LogP contribution in [0.1, 0.15) is 26.2 Å². The predicted octanol–water partition coefficient (Wildman–Crippen LogP) is 2.98. The molecule has 2 aliphatic carbocycles. The summed E-state index contributed by atoms with van der Waals surface area (Å²) in [6.07, 6.45) is 10.8. The van der Waals surface area contributed by atoms with Gasteiger partial charge in [0, 0.05) is 0 Å². The first-order valence-electron chi connectivity index (χ1n) is 3.96. The normalized spacial score (nSPS) is 23.1. The standard InChI is InChI=1S/C10H12/c1-8-6-7-9-4-2-3-5-10(8)9/h5-7H,2-4H2,1H3. The van der Waals surface area contributed by atoms with Crippen molar-refractivity contribution in [2.45, 2.75) is 26.2 Å². The predicted molar refractivity (Wildman–Crippen MR) is 43.8 cm³/mol. The van der Waals surface area contributed by atoms with Gasteiger partial charge in [0.1, 0.15) is 0 Å². The second-order valence-electron chi connectivity index (χ2n) is 3.05. The maximum atomic E-state index is 2.37. The lowest BCUT2D eigenvalue weighted by molar-refractivity contribution is 0.809. The lowest BCUT2D eigenvalue weighted by Crippen LogP contribution is -1.93. The SMILES string of the molecule is CC1=CC=C2CCCC=C12. The van der Waals surface area contributed by atoms with Crippen LogP contribution in [0.25, 0.3) is 0 Å². The van der Waals surface area contributed by atoms with Gasteiger partial charge in [-0.05, 0) is 42.9 Å². The Morgan fingerprint density at radius 3 is 3.00 bits per heavy atom. The molecule has 2 aliphatic rings. The van der Waals surface area contributed by atoms with E-state index in [0.717, 1.165) is 0 Å². The van der Waals surface area contributed by atoms with Gasteiger partial charge >= 0.3 is 0 Å². The lowest BCUT2D eigenvalue weighted by atomic mass is 9.93. The van der Waals surface area contributed by atoms with E-state index in [9.17, 15) is 0 Å². The van der Waals surface area contributed by atoms with Crippen LogP contribution in [0.2, 0.25) is 0 Å². The molecule has 0 aromatic heterocycles. The van der Waals surface area contributed by atoms with Gasteiger partial charge in [0.05, 0.1) is 0 Å². The van der Waals surface area contributed by atoms with Gasteiger partial charge < -0.3 is 0 Å². The fraction of sp³-hybridized carbons (Fsp3) is 0.400. The Balaban J connectivity index is 2.39. The van der Waals surface area contributed by atoms with Crippen molar-refractivity contribution in [1.29, 1.82) is 0 Å². The molecule has 52 valence electrons. The van der Waals surface area contributed by atoms with Crippen LogP contribution < -0.4 is 0 Å². The molecule has 0 atom stereocenters. The van der Waals surface area contributed by atoms with Crippen LogP contribution in [-0.4, -0.2) is 0 Å². The van der Waals surface area contributed by atoms with E-state index in [4.69, 9.17) is 0 Å². The molecule has 0 fully saturated rings. The zero-order valence-electron chi connectivity index (χ0n) is 6.35. The van der Waals surface area contributed by atoms with Gasteiger partial charge in [-0.2, -0.15) is 0 Å². The molecular formula is C10H12. The Bertz CT molecular complexity index is 239. The summed E-state index contributed by atoms with van der Waals surface area (Å²) in [6.45, 7) is 2.20. The van der Waals surface area contributed by atoms with E-state index in [1.54, 1.807) is 5.57 Å². The van der Waals surface area contributed by atoms with Gasteiger partial charge in [0.15, 0.2) is 0 Å². The molecule has 0 spiro atoms. The molecule has 2 rings (SSSR count). The molecular weight excluding hydrogens is 120 g/mol. The van der Waals surface area contributed by atoms with Crippen LogP contribution in [0.3, 0.4) is 0 Å². The van der Waals surface area contributed by atoms with E-state index in [2.05, 4.69) is 25.2 Å². The van der Waals surface area contributed by atoms with Gasteiger partial charge in [0.25, 0.3) is 0 Å². The number of fused-ring (bicyclic) bond motifs is 1. The fourth-order valence-corrected chi connectivity index (χ4v) is 1.71. The smallest absolute Gasteiger partial charge is 0.0235 e. The second kappa shape index (κ2) is 2.12. The Kier molecular flexibility index (Phi) is 1.26. The quantitative estimate of drug-likeness (QED) is 0.475. The molecule has 0 radical (unpaired) electrons. The topological polar surface area (TPSA) is 0 Å². The van der Waals surface area contributed by atoms with E-state index in [1.807, 2.05) is 0 Å². The fourth-order valence-electron chi connectivity index (χ4n) is 1.71. The molecule has 0 heteroatoms. The summed E-state index contributed by atoms with van der Waals surface area (Å²) >= 11 is 0. The maximum Gasteiger partial charge on any atom is -0.0235 e. The van der Waals surface area contributed by atoms with E-state index in [1.165, 1.54) is 30.4 Å². The van der Waals surface area contributed by atoms with Crippen molar-refractivity contribution in [1.82, 2.24) is 0 Å². The molecule has 0 aromatic carbocycles. The summed E-state index contributed by atoms with van der Waals surface area (Å²) in [6, 6.07) is 0. The Morgan fingerprint density at radius 1 is 1.30 bits per heavy atom. The summed E-state index contributed by atoms with van der Waals surface area (Å²) in [5, 5.41) is 0. The molecule has 0 amide bonds. The van der Waals surface area contributed by atoms with E-state index in [0.29, 0.717) is 0 Å². The first kappa shape index (κ1) is 5.96. The number of hydrogen-bond acceptors (Lipinski definition) is 0. The first-order valence-corrected chi connectivity index (χ1v) is 3.96. The third kappa shape index (κ3) is 0.756. The highest BCUT2D eigenvalue weighted by Gasteiger charge is 2.13. The lowest BCUT2D eigenvalue weighted by Gasteiger charge is -2.12. The highest BCUT2D eigenvalue weighted by Crippen LogP contribution is 2.33. The highest BCUT2D eigenvalue weighted by molar-refractivity contribution is 5.54. The van der Waals surface area contributed by atoms with Gasteiger partial charge in [0.2, 0.25) is 0 Å². The zero-order chi connectivity index (χ0) is 6.97. The second-order valence-corrected chi connectivity index (χ2v) is 3.05. The molecule has 0 aromatic rings. The van der Waals surface area contributed by atoms with Gasteiger partial charge in [-0.1, -0.05) is 18.2 Å². The summed E-state index contributed by atoms with van der Waals surface area (Å²) in [4.78, 5) is 0. The number of rotatable bonds is 0. The summed E-state index contributed by atoms with van der Waals surface area (Å²) in [5.74, 6) is 0. The molecule has 0 saturated carbocycles. The molecule has 10 heavy (non-hydrogen) atoms. The molecule has 0 nitrogen and oxygen atoms in total. The largest absolute Gasteiger partial charge is 0.0767 e. The van der Waals surface area contributed by atoms with Crippen molar-refractivity contribution in [3.63, 3.8) is 0 Å². The van der Waals surface area contributed by atoms with Crippen LogP contribution in [0.5, 0.6) is 0 Å².